The largest absolute Gasteiger partial charge is 0.481 e. The monoisotopic (exact) mass is 359 g/mol. The molecule has 0 saturated heterocycles. The molecule has 8 heteroatoms. The summed E-state index contributed by atoms with van der Waals surface area (Å²) in [6, 6.07) is 11.0. The molecule has 0 fully saturated rings. The van der Waals surface area contributed by atoms with Gasteiger partial charge in [0, 0.05) is 10.9 Å². The number of carbonyl (C=O) groups is 2. The first-order valence-corrected chi connectivity index (χ1v) is 7.73. The maximum atomic E-state index is 13.7. The van der Waals surface area contributed by atoms with E-state index >= 15 is 0 Å². The average molecular weight is 359 g/mol. The summed E-state index contributed by atoms with van der Waals surface area (Å²) in [7, 11) is 0. The van der Waals surface area contributed by atoms with Gasteiger partial charge in [0.2, 0.25) is 0 Å². The maximum Gasteiger partial charge on any atom is 0.286 e. The number of rotatable bonds is 4. The van der Waals surface area contributed by atoms with E-state index in [0.29, 0.717) is 11.3 Å². The molecule has 1 heterocycles. The Balaban J connectivity index is 1.58. The van der Waals surface area contributed by atoms with Crippen molar-refractivity contribution in [3.05, 3.63) is 65.9 Å². The van der Waals surface area contributed by atoms with Crippen LogP contribution in [0.15, 0.2) is 48.5 Å². The number of fused-ring (bicyclic) bond motifs is 1. The highest BCUT2D eigenvalue weighted by Crippen LogP contribution is 2.18. The third-order valence-corrected chi connectivity index (χ3v) is 3.65. The molecule has 0 bridgehead atoms. The Bertz CT molecular complexity index is 954. The zero-order valence-corrected chi connectivity index (χ0v) is 13.7. The normalized spacial score (nSPS) is 11.8. The SMILES string of the molecule is CC(Oc1ccc(F)cc1)C(=O)NNC(=O)c1cc2c(F)cccc2[nH]1. The summed E-state index contributed by atoms with van der Waals surface area (Å²) in [6.45, 7) is 1.48. The summed E-state index contributed by atoms with van der Waals surface area (Å²) in [4.78, 5) is 26.8. The van der Waals surface area contributed by atoms with Gasteiger partial charge < -0.3 is 9.72 Å². The molecule has 0 spiro atoms. The van der Waals surface area contributed by atoms with Crippen LogP contribution in [-0.4, -0.2) is 22.9 Å². The second-order valence-corrected chi connectivity index (χ2v) is 5.54. The van der Waals surface area contributed by atoms with Crippen molar-refractivity contribution >= 4 is 22.7 Å². The molecule has 2 aromatic carbocycles. The molecule has 1 unspecified atom stereocenters. The molecule has 0 aliphatic carbocycles. The van der Waals surface area contributed by atoms with Crippen molar-refractivity contribution in [1.82, 2.24) is 15.8 Å². The lowest BCUT2D eigenvalue weighted by Crippen LogP contribution is -2.47. The van der Waals surface area contributed by atoms with Crippen LogP contribution in [0.3, 0.4) is 0 Å². The summed E-state index contributed by atoms with van der Waals surface area (Å²) >= 11 is 0. The number of amides is 2. The van der Waals surface area contributed by atoms with E-state index in [9.17, 15) is 18.4 Å². The topological polar surface area (TPSA) is 83.2 Å². The van der Waals surface area contributed by atoms with Gasteiger partial charge in [-0.2, -0.15) is 0 Å². The fraction of sp³-hybridized carbons (Fsp3) is 0.111. The number of halogens is 2. The van der Waals surface area contributed by atoms with Gasteiger partial charge in [0.25, 0.3) is 11.8 Å². The summed E-state index contributed by atoms with van der Waals surface area (Å²) in [6.07, 6.45) is -0.930. The van der Waals surface area contributed by atoms with Gasteiger partial charge in [0.05, 0.1) is 0 Å². The van der Waals surface area contributed by atoms with Crippen LogP contribution in [0.1, 0.15) is 17.4 Å². The molecule has 3 rings (SSSR count). The smallest absolute Gasteiger partial charge is 0.286 e. The lowest BCUT2D eigenvalue weighted by Gasteiger charge is -2.14. The van der Waals surface area contributed by atoms with Crippen molar-refractivity contribution in [2.45, 2.75) is 13.0 Å². The highest BCUT2D eigenvalue weighted by atomic mass is 19.1. The molecule has 0 aliphatic rings. The van der Waals surface area contributed by atoms with E-state index in [1.807, 2.05) is 0 Å². The summed E-state index contributed by atoms with van der Waals surface area (Å²) in [5, 5.41) is 0.275. The van der Waals surface area contributed by atoms with Gasteiger partial charge in [0.1, 0.15) is 23.1 Å². The molecule has 6 nitrogen and oxygen atoms in total. The van der Waals surface area contributed by atoms with Crippen LogP contribution < -0.4 is 15.6 Å². The van der Waals surface area contributed by atoms with Crippen molar-refractivity contribution in [2.24, 2.45) is 0 Å². The molecule has 134 valence electrons. The molecule has 1 aromatic heterocycles. The maximum absolute atomic E-state index is 13.7. The van der Waals surface area contributed by atoms with Gasteiger partial charge >= 0.3 is 0 Å². The zero-order valence-electron chi connectivity index (χ0n) is 13.7. The molecular weight excluding hydrogens is 344 g/mol. The first-order valence-electron chi connectivity index (χ1n) is 7.73. The quantitative estimate of drug-likeness (QED) is 0.627. The molecule has 3 aromatic rings. The molecule has 0 saturated carbocycles. The van der Waals surface area contributed by atoms with Gasteiger partial charge in [-0.25, -0.2) is 8.78 Å². The van der Waals surface area contributed by atoms with Gasteiger partial charge in [-0.3, -0.25) is 20.4 Å². The number of nitrogens with one attached hydrogen (secondary N) is 3. The Morgan fingerprint density at radius 3 is 2.50 bits per heavy atom. The van der Waals surface area contributed by atoms with E-state index in [4.69, 9.17) is 4.74 Å². The van der Waals surface area contributed by atoms with E-state index in [1.54, 1.807) is 6.07 Å². The third kappa shape index (κ3) is 3.80. The van der Waals surface area contributed by atoms with Crippen molar-refractivity contribution in [3.63, 3.8) is 0 Å². The molecule has 0 radical (unpaired) electrons. The van der Waals surface area contributed by atoms with Crippen LogP contribution in [0, 0.1) is 11.6 Å². The molecule has 1 atom stereocenters. The lowest BCUT2D eigenvalue weighted by atomic mass is 10.2. The predicted octanol–water partition coefficient (Wildman–Crippen LogP) is 2.67. The van der Waals surface area contributed by atoms with Crippen molar-refractivity contribution in [1.29, 1.82) is 0 Å². The van der Waals surface area contributed by atoms with Gasteiger partial charge in [-0.1, -0.05) is 6.07 Å². The van der Waals surface area contributed by atoms with E-state index in [2.05, 4.69) is 15.8 Å². The van der Waals surface area contributed by atoms with E-state index < -0.39 is 29.6 Å². The van der Waals surface area contributed by atoms with Crippen LogP contribution in [0.5, 0.6) is 5.75 Å². The number of hydrogen-bond acceptors (Lipinski definition) is 3. The lowest BCUT2D eigenvalue weighted by molar-refractivity contribution is -0.128. The Labute approximate surface area is 147 Å². The molecule has 3 N–H and O–H groups in total. The number of benzene rings is 2. The molecule has 2 amide bonds. The van der Waals surface area contributed by atoms with E-state index in [-0.39, 0.29) is 11.1 Å². The van der Waals surface area contributed by atoms with Gasteiger partial charge in [-0.15, -0.1) is 0 Å². The van der Waals surface area contributed by atoms with E-state index in [1.165, 1.54) is 49.4 Å². The summed E-state index contributed by atoms with van der Waals surface area (Å²) in [5.41, 5.74) is 5.00. The van der Waals surface area contributed by atoms with Gasteiger partial charge in [-0.05, 0) is 49.4 Å². The van der Waals surface area contributed by atoms with E-state index in [0.717, 1.165) is 0 Å². The molecule has 26 heavy (non-hydrogen) atoms. The minimum Gasteiger partial charge on any atom is -0.481 e. The number of aromatic nitrogens is 1. The molecule has 0 aliphatic heterocycles. The van der Waals surface area contributed by atoms with Crippen molar-refractivity contribution in [2.75, 3.05) is 0 Å². The summed E-state index contributed by atoms with van der Waals surface area (Å²) < 4.78 is 31.8. The van der Waals surface area contributed by atoms with Crippen molar-refractivity contribution in [3.8, 4) is 5.75 Å². The third-order valence-electron chi connectivity index (χ3n) is 3.65. The first-order chi connectivity index (χ1) is 12.4. The summed E-state index contributed by atoms with van der Waals surface area (Å²) in [5.74, 6) is -1.81. The minimum atomic E-state index is -0.930. The van der Waals surface area contributed by atoms with Crippen LogP contribution >= 0.6 is 0 Å². The minimum absolute atomic E-state index is 0.0949. The highest BCUT2D eigenvalue weighted by molar-refractivity contribution is 5.99. The zero-order chi connectivity index (χ0) is 18.7. The van der Waals surface area contributed by atoms with Crippen LogP contribution in [0.4, 0.5) is 8.78 Å². The number of carbonyl (C=O) groups excluding carboxylic acids is 2. The fourth-order valence-corrected chi connectivity index (χ4v) is 2.30. The second-order valence-electron chi connectivity index (χ2n) is 5.54. The van der Waals surface area contributed by atoms with Crippen LogP contribution in [0.25, 0.3) is 10.9 Å². The number of H-pyrrole nitrogens is 1. The number of ether oxygens (including phenoxy) is 1. The first kappa shape index (κ1) is 17.4. The van der Waals surface area contributed by atoms with Crippen LogP contribution in [0.2, 0.25) is 0 Å². The Kier molecular flexibility index (Phi) is 4.83. The standard InChI is InChI=1S/C18H15F2N3O3/c1-10(26-12-7-5-11(19)6-8-12)17(24)22-23-18(25)16-9-13-14(20)3-2-4-15(13)21-16/h2-10,21H,1H3,(H,22,24)(H,23,25). The number of hydrogen-bond donors (Lipinski definition) is 3. The van der Waals surface area contributed by atoms with Crippen LogP contribution in [-0.2, 0) is 4.79 Å². The highest BCUT2D eigenvalue weighted by Gasteiger charge is 2.17. The Morgan fingerprint density at radius 1 is 1.08 bits per heavy atom. The predicted molar refractivity (Wildman–Crippen MR) is 90.4 cm³/mol. The number of hydrazine groups is 1. The number of aromatic amines is 1. The Hall–Kier alpha value is -3.42. The molecular formula is C18H15F2N3O3. The second kappa shape index (κ2) is 7.22. The fourth-order valence-electron chi connectivity index (χ4n) is 2.30. The Morgan fingerprint density at radius 2 is 1.81 bits per heavy atom. The van der Waals surface area contributed by atoms with Crippen molar-refractivity contribution < 1.29 is 23.1 Å². The van der Waals surface area contributed by atoms with Gasteiger partial charge in [0.15, 0.2) is 6.10 Å². The average Bonchev–Trinajstić information content (AvgIpc) is 3.07.